The van der Waals surface area contributed by atoms with Gasteiger partial charge in [0.05, 0.1) is 11.1 Å². The standard InChI is InChI=1S/C10H9N3O4S/c11-7-6-4(17-3-5(14)15)1-2-13-10(6)18-8(7)9(12)16/h1-2H,3,11H2,(H2,12,16)(H,14,15). The van der Waals surface area contributed by atoms with Crippen LogP contribution < -0.4 is 16.2 Å². The maximum atomic E-state index is 11.2. The molecule has 0 aliphatic carbocycles. The van der Waals surface area contributed by atoms with E-state index in [9.17, 15) is 9.59 Å². The Balaban J connectivity index is 2.54. The van der Waals surface area contributed by atoms with Crippen molar-refractivity contribution in [3.05, 3.63) is 17.1 Å². The van der Waals surface area contributed by atoms with E-state index >= 15 is 0 Å². The van der Waals surface area contributed by atoms with E-state index in [2.05, 4.69) is 4.98 Å². The van der Waals surface area contributed by atoms with Crippen molar-refractivity contribution in [2.24, 2.45) is 5.73 Å². The predicted molar refractivity (Wildman–Crippen MR) is 65.7 cm³/mol. The number of aliphatic carboxylic acids is 1. The van der Waals surface area contributed by atoms with Crippen LogP contribution in [-0.2, 0) is 4.79 Å². The van der Waals surface area contributed by atoms with Crippen molar-refractivity contribution in [1.82, 2.24) is 4.98 Å². The second-order valence-electron chi connectivity index (χ2n) is 3.38. The van der Waals surface area contributed by atoms with Crippen LogP contribution in [0.2, 0.25) is 0 Å². The van der Waals surface area contributed by atoms with Gasteiger partial charge in [-0.15, -0.1) is 11.3 Å². The molecule has 0 bridgehead atoms. The van der Waals surface area contributed by atoms with E-state index in [1.165, 1.54) is 12.3 Å². The van der Waals surface area contributed by atoms with E-state index in [-0.39, 0.29) is 16.3 Å². The Bertz CT molecular complexity index is 637. The van der Waals surface area contributed by atoms with Crippen LogP contribution in [0.15, 0.2) is 12.3 Å². The molecule has 0 aliphatic heterocycles. The number of thiophene rings is 1. The SMILES string of the molecule is NC(=O)c1sc2nccc(OCC(=O)O)c2c1N. The molecule has 7 nitrogen and oxygen atoms in total. The van der Waals surface area contributed by atoms with E-state index in [1.807, 2.05) is 0 Å². The quantitative estimate of drug-likeness (QED) is 0.737. The lowest BCUT2D eigenvalue weighted by atomic mass is 10.2. The minimum atomic E-state index is -1.11. The van der Waals surface area contributed by atoms with Crippen LogP contribution in [0, 0.1) is 0 Å². The molecule has 0 aromatic carbocycles. The van der Waals surface area contributed by atoms with Gasteiger partial charge in [-0.3, -0.25) is 4.79 Å². The van der Waals surface area contributed by atoms with Gasteiger partial charge >= 0.3 is 5.97 Å². The number of primary amides is 1. The summed E-state index contributed by atoms with van der Waals surface area (Å²) in [5.41, 5.74) is 11.1. The lowest BCUT2D eigenvalue weighted by molar-refractivity contribution is -0.139. The van der Waals surface area contributed by atoms with Crippen LogP contribution in [-0.4, -0.2) is 28.6 Å². The van der Waals surface area contributed by atoms with Crippen LogP contribution in [0.1, 0.15) is 9.67 Å². The largest absolute Gasteiger partial charge is 0.481 e. The number of rotatable bonds is 4. The summed E-state index contributed by atoms with van der Waals surface area (Å²) in [6.07, 6.45) is 1.44. The van der Waals surface area contributed by atoms with E-state index < -0.39 is 18.5 Å². The summed E-state index contributed by atoms with van der Waals surface area (Å²) in [6.45, 7) is -0.500. The Morgan fingerprint density at radius 3 is 2.83 bits per heavy atom. The first-order valence-corrected chi connectivity index (χ1v) is 5.63. The van der Waals surface area contributed by atoms with Gasteiger partial charge in [-0.25, -0.2) is 9.78 Å². The van der Waals surface area contributed by atoms with Crippen LogP contribution in [0.3, 0.4) is 0 Å². The van der Waals surface area contributed by atoms with Gasteiger partial charge in [0.15, 0.2) is 6.61 Å². The Labute approximate surface area is 105 Å². The molecule has 0 aliphatic rings. The lowest BCUT2D eigenvalue weighted by Gasteiger charge is -2.04. The Hall–Kier alpha value is -2.35. The van der Waals surface area contributed by atoms with Gasteiger partial charge in [0.2, 0.25) is 0 Å². The highest BCUT2D eigenvalue weighted by Gasteiger charge is 2.18. The highest BCUT2D eigenvalue weighted by molar-refractivity contribution is 7.21. The van der Waals surface area contributed by atoms with E-state index in [1.54, 1.807) is 0 Å². The number of carboxylic acids is 1. The first kappa shape index (κ1) is 12.1. The maximum absolute atomic E-state index is 11.2. The fraction of sp³-hybridized carbons (Fsp3) is 0.100. The summed E-state index contributed by atoms with van der Waals surface area (Å²) in [5, 5.41) is 8.98. The fourth-order valence-electron chi connectivity index (χ4n) is 1.46. The number of fused-ring (bicyclic) bond motifs is 1. The molecule has 0 saturated heterocycles. The molecule has 0 spiro atoms. The number of hydrogen-bond acceptors (Lipinski definition) is 6. The Morgan fingerprint density at radius 2 is 2.22 bits per heavy atom. The van der Waals surface area contributed by atoms with Gasteiger partial charge in [0, 0.05) is 6.20 Å². The fourth-order valence-corrected chi connectivity index (χ4v) is 2.39. The van der Waals surface area contributed by atoms with Crippen molar-refractivity contribution in [3.63, 3.8) is 0 Å². The number of ether oxygens (including phenoxy) is 1. The van der Waals surface area contributed by atoms with E-state index in [0.29, 0.717) is 10.2 Å². The van der Waals surface area contributed by atoms with Gasteiger partial charge in [-0.1, -0.05) is 0 Å². The summed E-state index contributed by atoms with van der Waals surface area (Å²) in [4.78, 5) is 26.3. The molecule has 2 aromatic rings. The number of hydrogen-bond donors (Lipinski definition) is 3. The van der Waals surface area contributed by atoms with Gasteiger partial charge < -0.3 is 21.3 Å². The Morgan fingerprint density at radius 1 is 1.50 bits per heavy atom. The third-order valence-corrected chi connectivity index (χ3v) is 3.29. The van der Waals surface area contributed by atoms with Crippen LogP contribution in [0.5, 0.6) is 5.75 Å². The first-order chi connectivity index (χ1) is 8.50. The maximum Gasteiger partial charge on any atom is 0.341 e. The number of nitrogens with zero attached hydrogens (tertiary/aromatic N) is 1. The van der Waals surface area contributed by atoms with Gasteiger partial charge in [-0.2, -0.15) is 0 Å². The molecule has 0 fully saturated rings. The number of nitrogen functional groups attached to an aromatic ring is 1. The monoisotopic (exact) mass is 267 g/mol. The van der Waals surface area contributed by atoms with Crippen molar-refractivity contribution in [2.45, 2.75) is 0 Å². The predicted octanol–water partition coefficient (Wildman–Crippen LogP) is 0.441. The first-order valence-electron chi connectivity index (χ1n) is 4.82. The third-order valence-electron chi connectivity index (χ3n) is 2.17. The average molecular weight is 267 g/mol. The molecule has 2 rings (SSSR count). The van der Waals surface area contributed by atoms with Crippen LogP contribution in [0.25, 0.3) is 10.2 Å². The molecule has 0 radical (unpaired) electrons. The number of carbonyl (C=O) groups excluding carboxylic acids is 1. The van der Waals surface area contributed by atoms with Crippen molar-refractivity contribution in [2.75, 3.05) is 12.3 Å². The van der Waals surface area contributed by atoms with E-state index in [4.69, 9.17) is 21.3 Å². The zero-order chi connectivity index (χ0) is 13.3. The molecule has 2 aromatic heterocycles. The summed E-state index contributed by atoms with van der Waals surface area (Å²) < 4.78 is 5.09. The number of carboxylic acid groups (broad SMARTS) is 1. The number of pyridine rings is 1. The number of amides is 1. The van der Waals surface area contributed by atoms with Gasteiger partial charge in [0.25, 0.3) is 5.91 Å². The van der Waals surface area contributed by atoms with Crippen molar-refractivity contribution in [3.8, 4) is 5.75 Å². The highest BCUT2D eigenvalue weighted by atomic mass is 32.1. The molecule has 18 heavy (non-hydrogen) atoms. The van der Waals surface area contributed by atoms with Crippen molar-refractivity contribution in [1.29, 1.82) is 0 Å². The molecule has 2 heterocycles. The number of carbonyl (C=O) groups is 2. The summed E-state index contributed by atoms with van der Waals surface area (Å²) in [7, 11) is 0. The zero-order valence-electron chi connectivity index (χ0n) is 9.04. The minimum Gasteiger partial charge on any atom is -0.481 e. The second-order valence-corrected chi connectivity index (χ2v) is 4.38. The number of nitrogens with two attached hydrogens (primary N) is 2. The molecule has 1 amide bonds. The van der Waals surface area contributed by atoms with Crippen molar-refractivity contribution < 1.29 is 19.4 Å². The third kappa shape index (κ3) is 2.05. The highest BCUT2D eigenvalue weighted by Crippen LogP contribution is 2.37. The second kappa shape index (κ2) is 4.49. The van der Waals surface area contributed by atoms with Gasteiger partial charge in [-0.05, 0) is 6.07 Å². The number of anilines is 1. The summed E-state index contributed by atoms with van der Waals surface area (Å²) in [6, 6.07) is 1.49. The van der Waals surface area contributed by atoms with Crippen molar-refractivity contribution >= 4 is 39.1 Å². The molecule has 8 heteroatoms. The molecular formula is C10H9N3O4S. The molecule has 0 atom stereocenters. The lowest BCUT2D eigenvalue weighted by Crippen LogP contribution is -2.11. The van der Waals surface area contributed by atoms with Crippen LogP contribution >= 0.6 is 11.3 Å². The molecule has 94 valence electrons. The Kier molecular flexibility index (Phi) is 3.02. The zero-order valence-corrected chi connectivity index (χ0v) is 9.86. The van der Waals surface area contributed by atoms with Crippen LogP contribution in [0.4, 0.5) is 5.69 Å². The summed E-state index contributed by atoms with van der Waals surface area (Å²) >= 11 is 1.04. The summed E-state index contributed by atoms with van der Waals surface area (Å²) in [5.74, 6) is -1.49. The molecule has 0 saturated carbocycles. The molecular weight excluding hydrogens is 258 g/mol. The van der Waals surface area contributed by atoms with E-state index in [0.717, 1.165) is 11.3 Å². The topological polar surface area (TPSA) is 129 Å². The molecule has 0 unspecified atom stereocenters. The smallest absolute Gasteiger partial charge is 0.341 e. The normalized spacial score (nSPS) is 10.4. The number of aromatic nitrogens is 1. The molecule has 5 N–H and O–H groups in total. The van der Waals surface area contributed by atoms with Gasteiger partial charge in [0.1, 0.15) is 15.5 Å². The minimum absolute atomic E-state index is 0.163. The average Bonchev–Trinajstić information content (AvgIpc) is 2.65.